The number of likely N-dealkylation sites (tertiary alicyclic amines) is 1. The van der Waals surface area contributed by atoms with Gasteiger partial charge in [-0.2, -0.15) is 0 Å². The molecule has 0 bridgehead atoms. The number of hydrogen-bond acceptors (Lipinski definition) is 2. The van der Waals surface area contributed by atoms with Crippen LogP contribution in [0.1, 0.15) is 47.7 Å². The summed E-state index contributed by atoms with van der Waals surface area (Å²) in [7, 11) is 0. The predicted molar refractivity (Wildman–Crippen MR) is 81.5 cm³/mol. The largest absolute Gasteiger partial charge is 0.336 e. The van der Waals surface area contributed by atoms with Crippen LogP contribution in [-0.4, -0.2) is 29.9 Å². The Hall–Kier alpha value is -1.79. The smallest absolute Gasteiger partial charge is 0.254 e. The molecule has 1 aromatic rings. The standard InChI is InChI=1S/C17H22N2O/c1-3-16-7-5-9-19(16)17(20)15-11-13(2)10-14(12-15)6-4-8-18/h10-12,16H,3,5,7-9,18H2,1-2H3. The van der Waals surface area contributed by atoms with Gasteiger partial charge in [-0.15, -0.1) is 0 Å². The van der Waals surface area contributed by atoms with Gasteiger partial charge in [-0.05, 0) is 49.9 Å². The van der Waals surface area contributed by atoms with Crippen molar-refractivity contribution in [2.45, 2.75) is 39.2 Å². The summed E-state index contributed by atoms with van der Waals surface area (Å²) in [5.41, 5.74) is 8.07. The van der Waals surface area contributed by atoms with Gasteiger partial charge in [0.25, 0.3) is 5.91 Å². The summed E-state index contributed by atoms with van der Waals surface area (Å²) >= 11 is 0. The minimum atomic E-state index is 0.133. The van der Waals surface area contributed by atoms with Crippen LogP contribution in [0.2, 0.25) is 0 Å². The van der Waals surface area contributed by atoms with Crippen LogP contribution in [-0.2, 0) is 0 Å². The molecule has 1 unspecified atom stereocenters. The van der Waals surface area contributed by atoms with Crippen LogP contribution in [0.5, 0.6) is 0 Å². The summed E-state index contributed by atoms with van der Waals surface area (Å²) in [5, 5.41) is 0. The summed E-state index contributed by atoms with van der Waals surface area (Å²) in [6, 6.07) is 6.20. The lowest BCUT2D eigenvalue weighted by Crippen LogP contribution is -2.35. The van der Waals surface area contributed by atoms with Crippen molar-refractivity contribution in [1.29, 1.82) is 0 Å². The molecule has 1 fully saturated rings. The van der Waals surface area contributed by atoms with Gasteiger partial charge in [0.15, 0.2) is 0 Å². The molecule has 1 aliphatic rings. The Bertz CT molecular complexity index is 554. The van der Waals surface area contributed by atoms with E-state index in [2.05, 4.69) is 18.8 Å². The van der Waals surface area contributed by atoms with E-state index in [1.54, 1.807) is 0 Å². The second-order valence-corrected chi connectivity index (χ2v) is 5.30. The number of amides is 1. The average Bonchev–Trinajstić information content (AvgIpc) is 2.92. The molecular weight excluding hydrogens is 248 g/mol. The van der Waals surface area contributed by atoms with Gasteiger partial charge in [0.2, 0.25) is 0 Å². The molecule has 1 saturated heterocycles. The Morgan fingerprint density at radius 3 is 2.95 bits per heavy atom. The van der Waals surface area contributed by atoms with E-state index in [-0.39, 0.29) is 5.91 Å². The van der Waals surface area contributed by atoms with Crippen molar-refractivity contribution in [2.24, 2.45) is 5.73 Å². The molecule has 0 spiro atoms. The first-order chi connectivity index (χ1) is 9.65. The maximum atomic E-state index is 12.6. The van der Waals surface area contributed by atoms with Gasteiger partial charge in [0, 0.05) is 23.7 Å². The highest BCUT2D eigenvalue weighted by molar-refractivity contribution is 5.95. The van der Waals surface area contributed by atoms with Crippen LogP contribution in [0.3, 0.4) is 0 Å². The highest BCUT2D eigenvalue weighted by Crippen LogP contribution is 2.23. The van der Waals surface area contributed by atoms with Gasteiger partial charge >= 0.3 is 0 Å². The van der Waals surface area contributed by atoms with E-state index in [0.29, 0.717) is 12.6 Å². The third-order valence-electron chi connectivity index (χ3n) is 3.77. The van der Waals surface area contributed by atoms with Gasteiger partial charge in [-0.3, -0.25) is 4.79 Å². The van der Waals surface area contributed by atoms with Crippen molar-refractivity contribution >= 4 is 5.91 Å². The minimum absolute atomic E-state index is 0.133. The number of hydrogen-bond donors (Lipinski definition) is 1. The Morgan fingerprint density at radius 1 is 1.45 bits per heavy atom. The van der Waals surface area contributed by atoms with Gasteiger partial charge in [0.1, 0.15) is 0 Å². The zero-order valence-corrected chi connectivity index (χ0v) is 12.3. The lowest BCUT2D eigenvalue weighted by Gasteiger charge is -2.24. The van der Waals surface area contributed by atoms with Crippen LogP contribution in [0.4, 0.5) is 0 Å². The number of benzene rings is 1. The quantitative estimate of drug-likeness (QED) is 0.838. The van der Waals surface area contributed by atoms with Crippen molar-refractivity contribution in [1.82, 2.24) is 4.90 Å². The number of aryl methyl sites for hydroxylation is 1. The molecule has 2 N–H and O–H groups in total. The summed E-state index contributed by atoms with van der Waals surface area (Å²) in [5.74, 6) is 5.98. The van der Waals surface area contributed by atoms with E-state index < -0.39 is 0 Å². The van der Waals surface area contributed by atoms with E-state index in [1.165, 1.54) is 0 Å². The molecule has 3 nitrogen and oxygen atoms in total. The van der Waals surface area contributed by atoms with Gasteiger partial charge in [-0.25, -0.2) is 0 Å². The first kappa shape index (κ1) is 14.6. The van der Waals surface area contributed by atoms with E-state index in [9.17, 15) is 4.79 Å². The Labute approximate surface area is 121 Å². The van der Waals surface area contributed by atoms with Crippen molar-refractivity contribution in [3.05, 3.63) is 34.9 Å². The summed E-state index contributed by atoms with van der Waals surface area (Å²) in [6.45, 7) is 5.34. The van der Waals surface area contributed by atoms with Crippen LogP contribution < -0.4 is 5.73 Å². The highest BCUT2D eigenvalue weighted by atomic mass is 16.2. The first-order valence-electron chi connectivity index (χ1n) is 7.27. The van der Waals surface area contributed by atoms with Crippen LogP contribution in [0.15, 0.2) is 18.2 Å². The fraction of sp³-hybridized carbons (Fsp3) is 0.471. The Kier molecular flexibility index (Phi) is 4.81. The number of nitrogens with two attached hydrogens (primary N) is 1. The molecule has 0 radical (unpaired) electrons. The number of carbonyl (C=O) groups excluding carboxylic acids is 1. The molecule has 20 heavy (non-hydrogen) atoms. The van der Waals surface area contributed by atoms with Crippen molar-refractivity contribution in [2.75, 3.05) is 13.1 Å². The molecule has 1 aromatic carbocycles. The summed E-state index contributed by atoms with van der Waals surface area (Å²) < 4.78 is 0. The van der Waals surface area contributed by atoms with Crippen molar-refractivity contribution in [3.8, 4) is 11.8 Å². The Balaban J connectivity index is 2.27. The summed E-state index contributed by atoms with van der Waals surface area (Å²) in [4.78, 5) is 14.7. The lowest BCUT2D eigenvalue weighted by atomic mass is 10.0. The second-order valence-electron chi connectivity index (χ2n) is 5.30. The molecule has 3 heteroatoms. The molecule has 0 aliphatic carbocycles. The molecule has 2 rings (SSSR count). The fourth-order valence-corrected chi connectivity index (χ4v) is 2.83. The zero-order chi connectivity index (χ0) is 14.5. The molecule has 1 heterocycles. The second kappa shape index (κ2) is 6.58. The number of rotatable bonds is 2. The molecule has 106 valence electrons. The van der Waals surface area contributed by atoms with Gasteiger partial charge < -0.3 is 10.6 Å². The zero-order valence-electron chi connectivity index (χ0n) is 12.3. The van der Waals surface area contributed by atoms with E-state index in [1.807, 2.05) is 30.0 Å². The van der Waals surface area contributed by atoms with E-state index in [0.717, 1.165) is 42.5 Å². The van der Waals surface area contributed by atoms with Crippen LogP contribution >= 0.6 is 0 Å². The number of carbonyl (C=O) groups is 1. The third kappa shape index (κ3) is 3.20. The molecule has 0 aromatic heterocycles. The van der Waals surface area contributed by atoms with E-state index >= 15 is 0 Å². The monoisotopic (exact) mass is 270 g/mol. The molecule has 0 saturated carbocycles. The minimum Gasteiger partial charge on any atom is -0.336 e. The average molecular weight is 270 g/mol. The third-order valence-corrected chi connectivity index (χ3v) is 3.77. The summed E-state index contributed by atoms with van der Waals surface area (Å²) in [6.07, 6.45) is 3.25. The molecule has 1 atom stereocenters. The van der Waals surface area contributed by atoms with E-state index in [4.69, 9.17) is 5.73 Å². The highest BCUT2D eigenvalue weighted by Gasteiger charge is 2.28. The lowest BCUT2D eigenvalue weighted by molar-refractivity contribution is 0.0733. The SMILES string of the molecule is CCC1CCCN1C(=O)c1cc(C)cc(C#CCN)c1. The van der Waals surface area contributed by atoms with Gasteiger partial charge in [0.05, 0.1) is 6.54 Å². The Morgan fingerprint density at radius 2 is 2.25 bits per heavy atom. The molecule has 1 amide bonds. The maximum absolute atomic E-state index is 12.6. The van der Waals surface area contributed by atoms with Crippen LogP contribution in [0.25, 0.3) is 0 Å². The topological polar surface area (TPSA) is 46.3 Å². The maximum Gasteiger partial charge on any atom is 0.254 e. The van der Waals surface area contributed by atoms with Crippen molar-refractivity contribution in [3.63, 3.8) is 0 Å². The fourth-order valence-electron chi connectivity index (χ4n) is 2.83. The number of nitrogens with zero attached hydrogens (tertiary/aromatic N) is 1. The molecule has 1 aliphatic heterocycles. The first-order valence-corrected chi connectivity index (χ1v) is 7.27. The predicted octanol–water partition coefficient (Wildman–Crippen LogP) is 2.32. The van der Waals surface area contributed by atoms with Gasteiger partial charge in [-0.1, -0.05) is 18.8 Å². The normalized spacial score (nSPS) is 17.8. The van der Waals surface area contributed by atoms with Crippen molar-refractivity contribution < 1.29 is 4.79 Å². The van der Waals surface area contributed by atoms with Crippen LogP contribution in [0, 0.1) is 18.8 Å². The molecular formula is C17H22N2O.